The van der Waals surface area contributed by atoms with Crippen molar-refractivity contribution in [3.05, 3.63) is 69.4 Å². The number of hydrazone groups is 1. The van der Waals surface area contributed by atoms with Crippen molar-refractivity contribution >= 4 is 12.1 Å². The minimum Gasteiger partial charge on any atom is -0.306 e. The summed E-state index contributed by atoms with van der Waals surface area (Å²) in [5.41, 5.74) is 0.0358. The van der Waals surface area contributed by atoms with Crippen LogP contribution < -0.4 is 11.0 Å². The van der Waals surface area contributed by atoms with Gasteiger partial charge in [0.15, 0.2) is 23.3 Å². The van der Waals surface area contributed by atoms with E-state index in [0.29, 0.717) is 0 Å². The highest BCUT2D eigenvalue weighted by Gasteiger charge is 2.24. The molecule has 0 saturated heterocycles. The Bertz CT molecular complexity index is 850. The number of halogens is 5. The first kappa shape index (κ1) is 17.3. The molecule has 0 fully saturated rings. The quantitative estimate of drug-likeness (QED) is 0.301. The zero-order chi connectivity index (χ0) is 17.9. The lowest BCUT2D eigenvalue weighted by Gasteiger charge is -2.05. The summed E-state index contributed by atoms with van der Waals surface area (Å²) >= 11 is 0. The van der Waals surface area contributed by atoms with Crippen molar-refractivity contribution < 1.29 is 26.7 Å². The minimum absolute atomic E-state index is 0.280. The molecule has 1 aromatic heterocycles. The molecule has 0 bridgehead atoms. The molecule has 1 N–H and O–H groups in total. The lowest BCUT2D eigenvalue weighted by molar-refractivity contribution is -0.121. The number of benzene rings is 1. The summed E-state index contributed by atoms with van der Waals surface area (Å²) in [6.07, 6.45) is 1.59. The predicted octanol–water partition coefficient (Wildman–Crippen LogP) is 1.69. The van der Waals surface area contributed by atoms with E-state index < -0.39 is 52.7 Å². The molecule has 0 saturated carbocycles. The summed E-state index contributed by atoms with van der Waals surface area (Å²) in [7, 11) is 0. The fraction of sp³-hybridized carbons (Fsp3) is 0.0714. The van der Waals surface area contributed by atoms with E-state index >= 15 is 0 Å². The standard InChI is InChI=1S/C14H8F5N3O2/c15-10-7(11(16)13(18)14(19)12(10)17)5-20-21-8(23)6-22-4-2-1-3-9(22)24/h1-5H,6H2,(H,21,23)/b20-5-. The first-order chi connectivity index (χ1) is 11.3. The Balaban J connectivity index is 2.14. The molecule has 10 heteroatoms. The van der Waals surface area contributed by atoms with Crippen LogP contribution in [0.4, 0.5) is 22.0 Å². The summed E-state index contributed by atoms with van der Waals surface area (Å²) in [5, 5.41) is 3.13. The number of amides is 1. The average Bonchev–Trinajstić information content (AvgIpc) is 2.56. The molecule has 0 aliphatic carbocycles. The Kier molecular flexibility index (Phi) is 5.07. The predicted molar refractivity (Wildman–Crippen MR) is 72.7 cm³/mol. The third kappa shape index (κ3) is 3.47. The monoisotopic (exact) mass is 345 g/mol. The Labute approximate surface area is 131 Å². The topological polar surface area (TPSA) is 63.5 Å². The van der Waals surface area contributed by atoms with Crippen LogP contribution in [0.15, 0.2) is 34.3 Å². The van der Waals surface area contributed by atoms with E-state index in [1.54, 1.807) is 0 Å². The molecule has 24 heavy (non-hydrogen) atoms. The van der Waals surface area contributed by atoms with Gasteiger partial charge in [-0.1, -0.05) is 6.07 Å². The second-order valence-corrected chi connectivity index (χ2v) is 4.44. The maximum Gasteiger partial charge on any atom is 0.260 e. The third-order valence-corrected chi connectivity index (χ3v) is 2.84. The molecule has 0 unspecified atom stereocenters. The number of aromatic nitrogens is 1. The van der Waals surface area contributed by atoms with E-state index in [1.165, 1.54) is 24.4 Å². The summed E-state index contributed by atoms with van der Waals surface area (Å²) in [5.74, 6) is -11.6. The number of nitrogens with zero attached hydrogens (tertiary/aromatic N) is 2. The highest BCUT2D eigenvalue weighted by Crippen LogP contribution is 2.21. The maximum atomic E-state index is 13.4. The zero-order valence-electron chi connectivity index (χ0n) is 11.7. The van der Waals surface area contributed by atoms with E-state index in [1.807, 2.05) is 5.43 Å². The van der Waals surface area contributed by atoms with Gasteiger partial charge < -0.3 is 4.57 Å². The SMILES string of the molecule is O=C(Cn1ccccc1=O)N/N=C\c1c(F)c(F)c(F)c(F)c1F. The Morgan fingerprint density at radius 1 is 1.04 bits per heavy atom. The van der Waals surface area contributed by atoms with E-state index in [2.05, 4.69) is 5.10 Å². The van der Waals surface area contributed by atoms with Crippen molar-refractivity contribution in [2.24, 2.45) is 5.10 Å². The summed E-state index contributed by atoms with van der Waals surface area (Å²) in [6.45, 7) is -0.450. The number of carbonyl (C=O) groups is 1. The number of pyridine rings is 1. The molecule has 0 aliphatic rings. The molecule has 1 heterocycles. The molecule has 0 atom stereocenters. The van der Waals surface area contributed by atoms with Crippen molar-refractivity contribution in [2.75, 3.05) is 0 Å². The lowest BCUT2D eigenvalue weighted by atomic mass is 10.2. The zero-order valence-corrected chi connectivity index (χ0v) is 11.7. The second kappa shape index (κ2) is 7.02. The molecule has 1 amide bonds. The summed E-state index contributed by atoms with van der Waals surface area (Å²) in [4.78, 5) is 22.9. The molecule has 2 aromatic rings. The number of hydrogen-bond acceptors (Lipinski definition) is 3. The first-order valence-corrected chi connectivity index (χ1v) is 6.31. The fourth-order valence-electron chi connectivity index (χ4n) is 1.69. The van der Waals surface area contributed by atoms with Gasteiger partial charge in [-0.2, -0.15) is 5.10 Å². The van der Waals surface area contributed by atoms with Crippen LogP contribution >= 0.6 is 0 Å². The van der Waals surface area contributed by atoms with Gasteiger partial charge in [-0.25, -0.2) is 27.4 Å². The Morgan fingerprint density at radius 3 is 2.21 bits per heavy atom. The third-order valence-electron chi connectivity index (χ3n) is 2.84. The smallest absolute Gasteiger partial charge is 0.260 e. The van der Waals surface area contributed by atoms with E-state index in [0.717, 1.165) is 4.57 Å². The van der Waals surface area contributed by atoms with Crippen LogP contribution in [-0.4, -0.2) is 16.7 Å². The van der Waals surface area contributed by atoms with Gasteiger partial charge in [-0.15, -0.1) is 0 Å². The molecular formula is C14H8F5N3O2. The number of hydrogen-bond donors (Lipinski definition) is 1. The molecule has 1 aromatic carbocycles. The molecule has 126 valence electrons. The van der Waals surface area contributed by atoms with E-state index in [4.69, 9.17) is 0 Å². The van der Waals surface area contributed by atoms with Gasteiger partial charge >= 0.3 is 0 Å². The largest absolute Gasteiger partial charge is 0.306 e. The number of carbonyl (C=O) groups excluding carboxylic acids is 1. The summed E-state index contributed by atoms with van der Waals surface area (Å²) < 4.78 is 66.5. The maximum absolute atomic E-state index is 13.4. The second-order valence-electron chi connectivity index (χ2n) is 4.44. The Morgan fingerprint density at radius 2 is 1.62 bits per heavy atom. The van der Waals surface area contributed by atoms with Crippen LogP contribution in [0.2, 0.25) is 0 Å². The van der Waals surface area contributed by atoms with E-state index in [-0.39, 0.29) is 6.21 Å². The van der Waals surface area contributed by atoms with Crippen molar-refractivity contribution in [2.45, 2.75) is 6.54 Å². The van der Waals surface area contributed by atoms with Crippen molar-refractivity contribution in [1.29, 1.82) is 0 Å². The highest BCUT2D eigenvalue weighted by molar-refractivity contribution is 5.83. The molecule has 0 radical (unpaired) electrons. The van der Waals surface area contributed by atoms with Crippen molar-refractivity contribution in [1.82, 2.24) is 9.99 Å². The van der Waals surface area contributed by atoms with Crippen LogP contribution in [-0.2, 0) is 11.3 Å². The fourth-order valence-corrected chi connectivity index (χ4v) is 1.69. The minimum atomic E-state index is -2.30. The average molecular weight is 345 g/mol. The molecule has 2 rings (SSSR count). The van der Waals surface area contributed by atoms with Crippen LogP contribution in [0, 0.1) is 29.1 Å². The van der Waals surface area contributed by atoms with Gasteiger partial charge in [0.2, 0.25) is 5.82 Å². The van der Waals surface area contributed by atoms with Gasteiger partial charge in [0.05, 0.1) is 11.8 Å². The van der Waals surface area contributed by atoms with Gasteiger partial charge in [0.25, 0.3) is 11.5 Å². The Hall–Kier alpha value is -3.04. The van der Waals surface area contributed by atoms with Crippen molar-refractivity contribution in [3.8, 4) is 0 Å². The molecule has 5 nitrogen and oxygen atoms in total. The highest BCUT2D eigenvalue weighted by atomic mass is 19.2. The molecule has 0 spiro atoms. The number of rotatable bonds is 4. The van der Waals surface area contributed by atoms with Crippen LogP contribution in [0.1, 0.15) is 5.56 Å². The van der Waals surface area contributed by atoms with Gasteiger partial charge in [-0.05, 0) is 6.07 Å². The molecular weight excluding hydrogens is 337 g/mol. The lowest BCUT2D eigenvalue weighted by Crippen LogP contribution is -2.29. The van der Waals surface area contributed by atoms with Gasteiger partial charge in [-0.3, -0.25) is 9.59 Å². The molecule has 0 aliphatic heterocycles. The number of nitrogens with one attached hydrogen (secondary N) is 1. The van der Waals surface area contributed by atoms with Crippen molar-refractivity contribution in [3.63, 3.8) is 0 Å². The van der Waals surface area contributed by atoms with Crippen LogP contribution in [0.3, 0.4) is 0 Å². The van der Waals surface area contributed by atoms with Gasteiger partial charge in [0.1, 0.15) is 6.54 Å². The van der Waals surface area contributed by atoms with E-state index in [9.17, 15) is 31.5 Å². The normalized spacial score (nSPS) is 11.0. The van der Waals surface area contributed by atoms with Gasteiger partial charge in [0, 0.05) is 12.3 Å². The summed E-state index contributed by atoms with van der Waals surface area (Å²) in [6, 6.07) is 4.15. The van der Waals surface area contributed by atoms with Crippen LogP contribution in [0.25, 0.3) is 0 Å². The van der Waals surface area contributed by atoms with Crippen LogP contribution in [0.5, 0.6) is 0 Å². The first-order valence-electron chi connectivity index (χ1n) is 6.31.